The van der Waals surface area contributed by atoms with Gasteiger partial charge in [0.05, 0.1) is 17.4 Å². The topological polar surface area (TPSA) is 55.4 Å². The van der Waals surface area contributed by atoms with E-state index in [1.807, 2.05) is 6.92 Å². The molecule has 1 fully saturated rings. The first-order valence-corrected chi connectivity index (χ1v) is 10.5. The molecule has 1 aromatic carbocycles. The summed E-state index contributed by atoms with van der Waals surface area (Å²) in [5, 5.41) is 2.23. The number of carbonyl (C=O) groups excluding carboxylic acids is 2. The third-order valence-corrected chi connectivity index (χ3v) is 5.84. The highest BCUT2D eigenvalue weighted by Gasteiger charge is 2.34. The normalized spacial score (nSPS) is 18.8. The zero-order valence-electron chi connectivity index (χ0n) is 16.6. The monoisotopic (exact) mass is 429 g/mol. The highest BCUT2D eigenvalue weighted by atomic mass is 32.2. The molecule has 1 aliphatic rings. The van der Waals surface area contributed by atoms with E-state index >= 15 is 0 Å². The van der Waals surface area contributed by atoms with E-state index in [4.69, 9.17) is 4.74 Å². The largest absolute Gasteiger partial charge is 0.418 e. The highest BCUT2D eigenvalue weighted by molar-refractivity contribution is 8.17. The lowest BCUT2D eigenvalue weighted by molar-refractivity contribution is -0.137. The molecular formula is C21H26F3NO3S. The summed E-state index contributed by atoms with van der Waals surface area (Å²) in [6.45, 7) is 3.68. The molecule has 29 heavy (non-hydrogen) atoms. The second-order valence-electron chi connectivity index (χ2n) is 7.02. The minimum atomic E-state index is -4.57. The fourth-order valence-corrected chi connectivity index (χ4v) is 4.15. The smallest absolute Gasteiger partial charge is 0.363 e. The van der Waals surface area contributed by atoms with Crippen LogP contribution in [0, 0.1) is 0 Å². The molecular weight excluding hydrogens is 403 g/mol. The molecule has 0 spiro atoms. The SMILES string of the molecule is CCCCCC/C(C)=C1\SC(=O)CC1OCC(=O)Nc1ccccc1C(F)(F)F. The number of rotatable bonds is 9. The molecule has 1 amide bonds. The molecule has 160 valence electrons. The van der Waals surface area contributed by atoms with Crippen LogP contribution in [0.5, 0.6) is 0 Å². The second kappa shape index (κ2) is 10.8. The average molecular weight is 430 g/mol. The van der Waals surface area contributed by atoms with Crippen molar-refractivity contribution in [3.63, 3.8) is 0 Å². The summed E-state index contributed by atoms with van der Waals surface area (Å²) in [7, 11) is 0. The summed E-state index contributed by atoms with van der Waals surface area (Å²) in [5.74, 6) is -0.689. The Morgan fingerprint density at radius 1 is 1.24 bits per heavy atom. The number of hydrogen-bond donors (Lipinski definition) is 1. The van der Waals surface area contributed by atoms with Crippen molar-refractivity contribution in [2.24, 2.45) is 0 Å². The van der Waals surface area contributed by atoms with E-state index < -0.39 is 30.4 Å². The summed E-state index contributed by atoms with van der Waals surface area (Å²) >= 11 is 1.14. The Morgan fingerprint density at radius 3 is 2.66 bits per heavy atom. The lowest BCUT2D eigenvalue weighted by Gasteiger charge is -2.16. The number of anilines is 1. The molecule has 2 rings (SSSR count). The average Bonchev–Trinajstić information content (AvgIpc) is 3.04. The van der Waals surface area contributed by atoms with Gasteiger partial charge in [-0.25, -0.2) is 0 Å². The first-order chi connectivity index (χ1) is 13.7. The van der Waals surface area contributed by atoms with Crippen LogP contribution >= 0.6 is 11.8 Å². The molecule has 1 heterocycles. The van der Waals surface area contributed by atoms with Crippen LogP contribution in [0.25, 0.3) is 0 Å². The molecule has 8 heteroatoms. The van der Waals surface area contributed by atoms with Gasteiger partial charge in [0.2, 0.25) is 5.91 Å². The second-order valence-corrected chi connectivity index (χ2v) is 8.12. The molecule has 0 saturated carbocycles. The van der Waals surface area contributed by atoms with E-state index in [-0.39, 0.29) is 17.2 Å². The zero-order valence-corrected chi connectivity index (χ0v) is 17.4. The fraction of sp³-hybridized carbons (Fsp3) is 0.524. The number of thioether (sulfide) groups is 1. The Hall–Kier alpha value is -1.80. The van der Waals surface area contributed by atoms with Gasteiger partial charge >= 0.3 is 6.18 Å². The molecule has 4 nitrogen and oxygen atoms in total. The highest BCUT2D eigenvalue weighted by Crippen LogP contribution is 2.38. The van der Waals surface area contributed by atoms with E-state index in [1.54, 1.807) is 0 Å². The Kier molecular flexibility index (Phi) is 8.77. The molecule has 1 saturated heterocycles. The van der Waals surface area contributed by atoms with Gasteiger partial charge in [-0.1, -0.05) is 55.7 Å². The van der Waals surface area contributed by atoms with E-state index in [1.165, 1.54) is 18.2 Å². The Morgan fingerprint density at radius 2 is 1.97 bits per heavy atom. The van der Waals surface area contributed by atoms with Crippen LogP contribution in [-0.4, -0.2) is 23.7 Å². The maximum atomic E-state index is 13.0. The van der Waals surface area contributed by atoms with Crippen LogP contribution in [0.2, 0.25) is 0 Å². The van der Waals surface area contributed by atoms with Crippen LogP contribution in [-0.2, 0) is 20.5 Å². The molecule has 1 N–H and O–H groups in total. The number of nitrogens with one attached hydrogen (secondary N) is 1. The number of ether oxygens (including phenoxy) is 1. The number of benzene rings is 1. The van der Waals surface area contributed by atoms with E-state index in [2.05, 4.69) is 12.2 Å². The number of unbranched alkanes of at least 4 members (excludes halogenated alkanes) is 3. The van der Waals surface area contributed by atoms with E-state index in [0.29, 0.717) is 0 Å². The minimum Gasteiger partial charge on any atom is -0.363 e. The number of allylic oxidation sites excluding steroid dienone is 1. The molecule has 1 unspecified atom stereocenters. The van der Waals surface area contributed by atoms with Crippen LogP contribution in [0.15, 0.2) is 34.7 Å². The zero-order chi connectivity index (χ0) is 21.4. The number of para-hydroxylation sites is 1. The van der Waals surface area contributed by atoms with E-state index in [0.717, 1.165) is 60.4 Å². The molecule has 0 bridgehead atoms. The van der Waals surface area contributed by atoms with Crippen molar-refractivity contribution in [3.05, 3.63) is 40.3 Å². The van der Waals surface area contributed by atoms with Gasteiger partial charge in [0.1, 0.15) is 6.61 Å². The number of hydrogen-bond acceptors (Lipinski definition) is 4. The minimum absolute atomic E-state index is 0.0271. The van der Waals surface area contributed by atoms with Gasteiger partial charge in [-0.15, -0.1) is 0 Å². The van der Waals surface area contributed by atoms with Gasteiger partial charge in [0.15, 0.2) is 5.12 Å². The van der Waals surface area contributed by atoms with Crippen molar-refractivity contribution < 1.29 is 27.5 Å². The van der Waals surface area contributed by atoms with Crippen molar-refractivity contribution in [3.8, 4) is 0 Å². The van der Waals surface area contributed by atoms with Gasteiger partial charge in [-0.05, 0) is 31.9 Å². The maximum Gasteiger partial charge on any atom is 0.418 e. The van der Waals surface area contributed by atoms with Crippen LogP contribution in [0.4, 0.5) is 18.9 Å². The summed E-state index contributed by atoms with van der Waals surface area (Å²) < 4.78 is 44.7. The van der Waals surface area contributed by atoms with Crippen LogP contribution < -0.4 is 5.32 Å². The van der Waals surface area contributed by atoms with Gasteiger partial charge < -0.3 is 10.1 Å². The number of alkyl halides is 3. The Balaban J connectivity index is 1.96. The standard InChI is InChI=1S/C21H26F3NO3S/c1-3-4-5-6-9-14(2)20-17(12-19(27)29-20)28-13-18(26)25-16-11-8-7-10-15(16)21(22,23)24/h7-8,10-11,17H,3-6,9,12-13H2,1-2H3,(H,25,26)/b20-14-. The van der Waals surface area contributed by atoms with Crippen molar-refractivity contribution in [2.45, 2.75) is 64.7 Å². The number of halogens is 3. The quantitative estimate of drug-likeness (QED) is 0.494. The number of carbonyl (C=O) groups is 2. The first kappa shape index (κ1) is 23.5. The van der Waals surface area contributed by atoms with Crippen molar-refractivity contribution in [2.75, 3.05) is 11.9 Å². The Bertz CT molecular complexity index is 762. The summed E-state index contributed by atoms with van der Waals surface area (Å²) in [5.41, 5.74) is -0.151. The van der Waals surface area contributed by atoms with Gasteiger partial charge in [-0.2, -0.15) is 13.2 Å². The maximum absolute atomic E-state index is 13.0. The number of amides is 1. The predicted octanol–water partition coefficient (Wildman–Crippen LogP) is 5.94. The van der Waals surface area contributed by atoms with Crippen molar-refractivity contribution in [1.29, 1.82) is 0 Å². The lowest BCUT2D eigenvalue weighted by Crippen LogP contribution is -2.24. The van der Waals surface area contributed by atoms with Crippen LogP contribution in [0.1, 0.15) is 57.9 Å². The molecule has 1 atom stereocenters. The molecule has 1 aliphatic heterocycles. The van der Waals surface area contributed by atoms with Gasteiger partial charge in [0, 0.05) is 11.3 Å². The van der Waals surface area contributed by atoms with Crippen LogP contribution in [0.3, 0.4) is 0 Å². The molecule has 0 aliphatic carbocycles. The summed E-state index contributed by atoms with van der Waals surface area (Å²) in [4.78, 5) is 24.8. The van der Waals surface area contributed by atoms with Crippen molar-refractivity contribution >= 4 is 28.5 Å². The third-order valence-electron chi connectivity index (χ3n) is 4.62. The van der Waals surface area contributed by atoms with E-state index in [9.17, 15) is 22.8 Å². The Labute approximate surface area is 173 Å². The molecule has 1 aromatic rings. The summed E-state index contributed by atoms with van der Waals surface area (Å²) in [6, 6.07) is 4.78. The van der Waals surface area contributed by atoms with Gasteiger partial charge in [0.25, 0.3) is 0 Å². The molecule has 0 aromatic heterocycles. The first-order valence-electron chi connectivity index (χ1n) is 9.70. The summed E-state index contributed by atoms with van der Waals surface area (Å²) in [6.07, 6.45) is 0.395. The lowest BCUT2D eigenvalue weighted by atomic mass is 10.1. The van der Waals surface area contributed by atoms with Gasteiger partial charge in [-0.3, -0.25) is 9.59 Å². The third kappa shape index (κ3) is 7.19. The van der Waals surface area contributed by atoms with Crippen molar-refractivity contribution in [1.82, 2.24) is 0 Å². The molecule has 0 radical (unpaired) electrons. The fourth-order valence-electron chi connectivity index (χ4n) is 3.11. The predicted molar refractivity (Wildman–Crippen MR) is 108 cm³/mol.